The third kappa shape index (κ3) is 3.82. The fourth-order valence-electron chi connectivity index (χ4n) is 1.84. The highest BCUT2D eigenvalue weighted by Gasteiger charge is 2.21. The number of benzene rings is 1. The molecule has 0 radical (unpaired) electrons. The van der Waals surface area contributed by atoms with Gasteiger partial charge in [-0.3, -0.25) is 0 Å². The van der Waals surface area contributed by atoms with Gasteiger partial charge in [-0.2, -0.15) is 0 Å². The van der Waals surface area contributed by atoms with Crippen LogP contribution in [-0.4, -0.2) is 31.6 Å². The van der Waals surface area contributed by atoms with Crippen molar-refractivity contribution < 1.29 is 13.2 Å². The van der Waals surface area contributed by atoms with Crippen LogP contribution in [0.3, 0.4) is 0 Å². The van der Waals surface area contributed by atoms with Crippen molar-refractivity contribution in [2.24, 2.45) is 7.05 Å². The molecule has 2 rings (SSSR count). The van der Waals surface area contributed by atoms with Gasteiger partial charge in [0.1, 0.15) is 0 Å². The second-order valence-electron chi connectivity index (χ2n) is 4.48. The smallest absolute Gasteiger partial charge is 0.259 e. The number of aromatic nitrogens is 2. The molecule has 1 atom stereocenters. The number of nitrogens with zero attached hydrogens (tertiary/aromatic N) is 2. The SMILES string of the molecule is CO[C@@H](CNS(=O)(=O)c1cn(C)cn1)c1ccccc1Cl. The lowest BCUT2D eigenvalue weighted by molar-refractivity contribution is 0.107. The third-order valence-electron chi connectivity index (χ3n) is 2.95. The summed E-state index contributed by atoms with van der Waals surface area (Å²) >= 11 is 6.10. The number of imidazole rings is 1. The number of hydrogen-bond donors (Lipinski definition) is 1. The highest BCUT2D eigenvalue weighted by Crippen LogP contribution is 2.24. The van der Waals surface area contributed by atoms with E-state index in [0.717, 1.165) is 5.56 Å². The van der Waals surface area contributed by atoms with Crippen LogP contribution >= 0.6 is 11.6 Å². The van der Waals surface area contributed by atoms with E-state index in [4.69, 9.17) is 16.3 Å². The van der Waals surface area contributed by atoms with Crippen LogP contribution in [0.25, 0.3) is 0 Å². The van der Waals surface area contributed by atoms with Crippen LogP contribution < -0.4 is 4.72 Å². The summed E-state index contributed by atoms with van der Waals surface area (Å²) < 4.78 is 33.6. The Morgan fingerprint density at radius 3 is 2.71 bits per heavy atom. The molecule has 1 N–H and O–H groups in total. The van der Waals surface area contributed by atoms with Crippen LogP contribution in [-0.2, 0) is 21.8 Å². The molecular weight excluding hydrogens is 314 g/mol. The van der Waals surface area contributed by atoms with Crippen molar-refractivity contribution in [1.29, 1.82) is 0 Å². The van der Waals surface area contributed by atoms with Crippen LogP contribution in [0.1, 0.15) is 11.7 Å². The van der Waals surface area contributed by atoms with Gasteiger partial charge in [-0.05, 0) is 6.07 Å². The van der Waals surface area contributed by atoms with Gasteiger partial charge in [0.2, 0.25) is 0 Å². The summed E-state index contributed by atoms with van der Waals surface area (Å²) in [4.78, 5) is 3.83. The lowest BCUT2D eigenvalue weighted by atomic mass is 10.1. The van der Waals surface area contributed by atoms with E-state index in [2.05, 4.69) is 9.71 Å². The zero-order chi connectivity index (χ0) is 15.5. The molecule has 6 nitrogen and oxygen atoms in total. The molecule has 0 saturated carbocycles. The first kappa shape index (κ1) is 16.0. The van der Waals surface area contributed by atoms with Crippen LogP contribution in [0.5, 0.6) is 0 Å². The van der Waals surface area contributed by atoms with Gasteiger partial charge in [-0.15, -0.1) is 0 Å². The number of aryl methyl sites for hydroxylation is 1. The molecule has 0 bridgehead atoms. The maximum atomic E-state index is 12.1. The number of nitrogens with one attached hydrogen (secondary N) is 1. The molecule has 1 heterocycles. The number of halogens is 1. The summed E-state index contributed by atoms with van der Waals surface area (Å²) in [5.41, 5.74) is 0.727. The highest BCUT2D eigenvalue weighted by atomic mass is 35.5. The first-order chi connectivity index (χ1) is 9.94. The maximum absolute atomic E-state index is 12.1. The second-order valence-corrected chi connectivity index (χ2v) is 6.60. The molecule has 1 aromatic heterocycles. The van der Waals surface area contributed by atoms with Gasteiger partial charge in [0.05, 0.1) is 12.4 Å². The van der Waals surface area contributed by atoms with Crippen molar-refractivity contribution in [2.75, 3.05) is 13.7 Å². The first-order valence-corrected chi connectivity index (χ1v) is 8.05. The Morgan fingerprint density at radius 2 is 2.14 bits per heavy atom. The molecule has 8 heteroatoms. The molecule has 2 aromatic rings. The largest absolute Gasteiger partial charge is 0.375 e. The van der Waals surface area contributed by atoms with Crippen LogP contribution in [0, 0.1) is 0 Å². The normalized spacial score (nSPS) is 13.3. The molecule has 0 saturated heterocycles. The Kier molecular flexibility index (Phi) is 5.00. The van der Waals surface area contributed by atoms with Crippen molar-refractivity contribution in [3.05, 3.63) is 47.4 Å². The lowest BCUT2D eigenvalue weighted by Gasteiger charge is -2.17. The van der Waals surface area contributed by atoms with E-state index in [9.17, 15) is 8.42 Å². The summed E-state index contributed by atoms with van der Waals surface area (Å²) in [7, 11) is -0.465. The molecule has 1 aromatic carbocycles. The van der Waals surface area contributed by atoms with Crippen LogP contribution in [0.15, 0.2) is 41.8 Å². The van der Waals surface area contributed by atoms with Gasteiger partial charge >= 0.3 is 0 Å². The van der Waals surface area contributed by atoms with E-state index in [1.807, 2.05) is 6.07 Å². The number of rotatable bonds is 6. The maximum Gasteiger partial charge on any atom is 0.259 e. The summed E-state index contributed by atoms with van der Waals surface area (Å²) in [6.07, 6.45) is 2.38. The summed E-state index contributed by atoms with van der Waals surface area (Å²) in [6, 6.07) is 7.15. The molecule has 0 unspecified atom stereocenters. The van der Waals surface area contributed by atoms with E-state index in [-0.39, 0.29) is 11.6 Å². The molecule has 0 aliphatic rings. The number of methoxy groups -OCH3 is 1. The van der Waals surface area contributed by atoms with Crippen molar-refractivity contribution in [3.8, 4) is 0 Å². The van der Waals surface area contributed by atoms with Gasteiger partial charge in [0, 0.05) is 37.5 Å². The first-order valence-electron chi connectivity index (χ1n) is 6.19. The Labute approximate surface area is 128 Å². The molecule has 114 valence electrons. The summed E-state index contributed by atoms with van der Waals surface area (Å²) in [6.45, 7) is 0.0686. The highest BCUT2D eigenvalue weighted by molar-refractivity contribution is 7.89. The Hall–Kier alpha value is -1.41. The Balaban J connectivity index is 2.12. The van der Waals surface area contributed by atoms with E-state index in [1.54, 1.807) is 29.8 Å². The second kappa shape index (κ2) is 6.57. The number of ether oxygens (including phenoxy) is 1. The number of hydrogen-bond acceptors (Lipinski definition) is 4. The van der Waals surface area contributed by atoms with E-state index >= 15 is 0 Å². The van der Waals surface area contributed by atoms with E-state index < -0.39 is 16.1 Å². The zero-order valence-corrected chi connectivity index (χ0v) is 13.2. The summed E-state index contributed by atoms with van der Waals surface area (Å²) in [5.74, 6) is 0. The standard InChI is InChI=1S/C13H16ClN3O3S/c1-17-8-13(15-9-17)21(18,19)16-7-12(20-2)10-5-3-4-6-11(10)14/h3-6,8-9,12,16H,7H2,1-2H3/t12-/m0/s1. The minimum absolute atomic E-state index is 0.0287. The van der Waals surface area contributed by atoms with E-state index in [0.29, 0.717) is 5.02 Å². The fourth-order valence-corrected chi connectivity index (χ4v) is 3.11. The van der Waals surface area contributed by atoms with Gasteiger partial charge in [0.25, 0.3) is 10.0 Å². The average molecular weight is 330 g/mol. The molecule has 0 aliphatic carbocycles. The van der Waals surface area contributed by atoms with Crippen LogP contribution in [0.2, 0.25) is 5.02 Å². The van der Waals surface area contributed by atoms with Crippen molar-refractivity contribution in [2.45, 2.75) is 11.1 Å². The minimum Gasteiger partial charge on any atom is -0.375 e. The van der Waals surface area contributed by atoms with Crippen LogP contribution in [0.4, 0.5) is 0 Å². The van der Waals surface area contributed by atoms with Gasteiger partial charge in [-0.25, -0.2) is 18.1 Å². The third-order valence-corrected chi connectivity index (χ3v) is 4.60. The Morgan fingerprint density at radius 1 is 1.43 bits per heavy atom. The predicted octanol–water partition coefficient (Wildman–Crippen LogP) is 1.74. The minimum atomic E-state index is -3.67. The molecule has 0 fully saturated rings. The topological polar surface area (TPSA) is 73.2 Å². The fraction of sp³-hybridized carbons (Fsp3) is 0.308. The number of sulfonamides is 1. The predicted molar refractivity (Wildman–Crippen MR) is 79.6 cm³/mol. The zero-order valence-electron chi connectivity index (χ0n) is 11.7. The van der Waals surface area contributed by atoms with Crippen molar-refractivity contribution in [1.82, 2.24) is 14.3 Å². The average Bonchev–Trinajstić information content (AvgIpc) is 2.89. The molecule has 0 spiro atoms. The van der Waals surface area contributed by atoms with Gasteiger partial charge in [-0.1, -0.05) is 29.8 Å². The molecular formula is C13H16ClN3O3S. The van der Waals surface area contributed by atoms with Gasteiger partial charge in [0.15, 0.2) is 5.03 Å². The van der Waals surface area contributed by atoms with E-state index in [1.165, 1.54) is 19.6 Å². The lowest BCUT2D eigenvalue weighted by Crippen LogP contribution is -2.29. The molecule has 21 heavy (non-hydrogen) atoms. The monoisotopic (exact) mass is 329 g/mol. The van der Waals surface area contributed by atoms with Gasteiger partial charge < -0.3 is 9.30 Å². The summed E-state index contributed by atoms with van der Waals surface area (Å²) in [5, 5.41) is 0.500. The van der Waals surface area contributed by atoms with Crippen molar-refractivity contribution in [3.63, 3.8) is 0 Å². The van der Waals surface area contributed by atoms with Crippen molar-refractivity contribution >= 4 is 21.6 Å². The molecule has 0 aliphatic heterocycles. The quantitative estimate of drug-likeness (QED) is 0.876. The molecule has 0 amide bonds. The Bertz CT molecular complexity index is 715.